The van der Waals surface area contributed by atoms with Gasteiger partial charge in [0.2, 0.25) is 0 Å². The minimum absolute atomic E-state index is 0.182. The first-order valence-electron chi connectivity index (χ1n) is 7.07. The fourth-order valence-corrected chi connectivity index (χ4v) is 3.90. The molecule has 0 aromatic rings. The smallest absolute Gasteiger partial charge is 0.146 e. The number of hydrogen-bond donors (Lipinski definition) is 0. The molecule has 0 N–H and O–H groups in total. The van der Waals surface area contributed by atoms with Crippen LogP contribution in [-0.4, -0.2) is 26.3 Å². The quantitative estimate of drug-likeness (QED) is 0.571. The zero-order valence-corrected chi connectivity index (χ0v) is 12.0. The Morgan fingerprint density at radius 2 is 2.06 bits per heavy atom. The molecule has 0 saturated heterocycles. The Balaban J connectivity index is 1.98. The van der Waals surface area contributed by atoms with Crippen LogP contribution in [0.5, 0.6) is 0 Å². The van der Waals surface area contributed by atoms with Gasteiger partial charge in [0.25, 0.3) is 0 Å². The van der Waals surface area contributed by atoms with Crippen LogP contribution < -0.4 is 0 Å². The second kappa shape index (κ2) is 5.30. The molecule has 0 radical (unpaired) electrons. The zero-order valence-electron chi connectivity index (χ0n) is 12.0. The molecule has 3 heteroatoms. The van der Waals surface area contributed by atoms with Gasteiger partial charge in [-0.05, 0) is 42.4 Å². The standard InChI is InChI=1S/C15H26O3/c1-14-6-4-12(10-18-11-17-3)8-15(14,2)9-13(16)5-7-14/h12H,4-11H2,1-3H3/t12-,14-,15+/m0/s1. The molecule has 2 fully saturated rings. The molecule has 0 bridgehead atoms. The number of carbonyl (C=O) groups is 1. The Bertz CT molecular complexity index is 315. The van der Waals surface area contributed by atoms with Crippen LogP contribution in [0.15, 0.2) is 0 Å². The van der Waals surface area contributed by atoms with Crippen LogP contribution in [0.1, 0.15) is 52.4 Å². The number of ketones is 1. The summed E-state index contributed by atoms with van der Waals surface area (Å²) in [5.74, 6) is 1.04. The third-order valence-electron chi connectivity index (χ3n) is 5.40. The van der Waals surface area contributed by atoms with Gasteiger partial charge in [-0.1, -0.05) is 13.8 Å². The average molecular weight is 254 g/mol. The predicted octanol–water partition coefficient (Wildman–Crippen LogP) is 3.17. The first-order valence-corrected chi connectivity index (χ1v) is 7.07. The highest BCUT2D eigenvalue weighted by Gasteiger charge is 2.51. The van der Waals surface area contributed by atoms with Crippen molar-refractivity contribution in [2.45, 2.75) is 52.4 Å². The van der Waals surface area contributed by atoms with E-state index in [1.54, 1.807) is 7.11 Å². The summed E-state index contributed by atoms with van der Waals surface area (Å²) < 4.78 is 10.4. The number of rotatable bonds is 4. The summed E-state index contributed by atoms with van der Waals surface area (Å²) >= 11 is 0. The van der Waals surface area contributed by atoms with Crippen LogP contribution in [0.2, 0.25) is 0 Å². The van der Waals surface area contributed by atoms with E-state index in [9.17, 15) is 4.79 Å². The number of methoxy groups -OCH3 is 1. The number of Topliss-reactive ketones (excluding diaryl/α,β-unsaturated/α-hetero) is 1. The molecule has 2 aliphatic carbocycles. The van der Waals surface area contributed by atoms with Crippen molar-refractivity contribution in [2.75, 3.05) is 20.5 Å². The van der Waals surface area contributed by atoms with E-state index in [0.29, 0.717) is 23.9 Å². The van der Waals surface area contributed by atoms with Crippen molar-refractivity contribution in [3.8, 4) is 0 Å². The number of hydrogen-bond acceptors (Lipinski definition) is 3. The first-order chi connectivity index (χ1) is 8.49. The van der Waals surface area contributed by atoms with E-state index in [1.165, 1.54) is 12.8 Å². The van der Waals surface area contributed by atoms with Gasteiger partial charge in [0, 0.05) is 20.0 Å². The Labute approximate surface area is 110 Å². The van der Waals surface area contributed by atoms with Crippen LogP contribution in [0.4, 0.5) is 0 Å². The van der Waals surface area contributed by atoms with Crippen LogP contribution in [0, 0.1) is 16.7 Å². The number of fused-ring (bicyclic) bond motifs is 1. The summed E-state index contributed by atoms with van der Waals surface area (Å²) in [7, 11) is 1.65. The Hall–Kier alpha value is -0.410. The second-order valence-corrected chi connectivity index (χ2v) is 6.72. The number of ether oxygens (including phenoxy) is 2. The maximum absolute atomic E-state index is 11.8. The van der Waals surface area contributed by atoms with Gasteiger partial charge >= 0.3 is 0 Å². The third kappa shape index (κ3) is 2.62. The van der Waals surface area contributed by atoms with Crippen molar-refractivity contribution >= 4 is 5.78 Å². The van der Waals surface area contributed by atoms with Gasteiger partial charge in [-0.2, -0.15) is 0 Å². The van der Waals surface area contributed by atoms with E-state index in [2.05, 4.69) is 13.8 Å². The molecule has 2 saturated carbocycles. The second-order valence-electron chi connectivity index (χ2n) is 6.72. The molecular formula is C15H26O3. The fraction of sp³-hybridized carbons (Fsp3) is 0.933. The van der Waals surface area contributed by atoms with Crippen molar-refractivity contribution in [3.63, 3.8) is 0 Å². The minimum Gasteiger partial charge on any atom is -0.359 e. The average Bonchev–Trinajstić information content (AvgIpc) is 2.31. The highest BCUT2D eigenvalue weighted by atomic mass is 16.7. The summed E-state index contributed by atoms with van der Waals surface area (Å²) in [4.78, 5) is 11.8. The van der Waals surface area contributed by atoms with E-state index in [-0.39, 0.29) is 5.41 Å². The van der Waals surface area contributed by atoms with Crippen LogP contribution >= 0.6 is 0 Å². The highest BCUT2D eigenvalue weighted by molar-refractivity contribution is 5.80. The van der Waals surface area contributed by atoms with Crippen LogP contribution in [-0.2, 0) is 14.3 Å². The van der Waals surface area contributed by atoms with Crippen molar-refractivity contribution in [1.29, 1.82) is 0 Å². The lowest BCUT2D eigenvalue weighted by Crippen LogP contribution is -2.48. The van der Waals surface area contributed by atoms with Gasteiger partial charge in [0.15, 0.2) is 0 Å². The van der Waals surface area contributed by atoms with Crippen molar-refractivity contribution in [3.05, 3.63) is 0 Å². The molecule has 0 heterocycles. The van der Waals surface area contributed by atoms with E-state index in [4.69, 9.17) is 9.47 Å². The van der Waals surface area contributed by atoms with Gasteiger partial charge in [0.1, 0.15) is 12.6 Å². The lowest BCUT2D eigenvalue weighted by molar-refractivity contribution is -0.137. The molecule has 18 heavy (non-hydrogen) atoms. The van der Waals surface area contributed by atoms with E-state index in [1.807, 2.05) is 0 Å². The lowest BCUT2D eigenvalue weighted by atomic mass is 9.50. The SMILES string of the molecule is COCOC[C@H]1CC[C@@]2(C)CCC(=O)C[C@@]2(C)C1. The van der Waals surface area contributed by atoms with Crippen LogP contribution in [0.25, 0.3) is 0 Å². The minimum atomic E-state index is 0.182. The maximum atomic E-state index is 11.8. The highest BCUT2D eigenvalue weighted by Crippen LogP contribution is 2.58. The Kier molecular flexibility index (Phi) is 4.12. The van der Waals surface area contributed by atoms with E-state index >= 15 is 0 Å². The lowest BCUT2D eigenvalue weighted by Gasteiger charge is -2.55. The van der Waals surface area contributed by atoms with Gasteiger partial charge in [-0.25, -0.2) is 0 Å². The van der Waals surface area contributed by atoms with Gasteiger partial charge in [0.05, 0.1) is 6.61 Å². The number of carbonyl (C=O) groups excluding carboxylic acids is 1. The van der Waals surface area contributed by atoms with E-state index < -0.39 is 0 Å². The van der Waals surface area contributed by atoms with Crippen LogP contribution in [0.3, 0.4) is 0 Å². The molecule has 3 atom stereocenters. The Morgan fingerprint density at radius 3 is 2.78 bits per heavy atom. The van der Waals surface area contributed by atoms with Crippen molar-refractivity contribution < 1.29 is 14.3 Å². The fourth-order valence-electron chi connectivity index (χ4n) is 3.90. The van der Waals surface area contributed by atoms with Gasteiger partial charge < -0.3 is 9.47 Å². The van der Waals surface area contributed by atoms with E-state index in [0.717, 1.165) is 32.3 Å². The maximum Gasteiger partial charge on any atom is 0.146 e. The molecule has 0 aromatic carbocycles. The molecule has 0 amide bonds. The third-order valence-corrected chi connectivity index (χ3v) is 5.40. The Morgan fingerprint density at radius 1 is 1.28 bits per heavy atom. The van der Waals surface area contributed by atoms with Crippen molar-refractivity contribution in [1.82, 2.24) is 0 Å². The molecule has 0 unspecified atom stereocenters. The normalized spacial score (nSPS) is 40.6. The monoisotopic (exact) mass is 254 g/mol. The summed E-state index contributed by atoms with van der Waals surface area (Å²) in [6, 6.07) is 0. The van der Waals surface area contributed by atoms with Gasteiger partial charge in [-0.15, -0.1) is 0 Å². The first kappa shape index (κ1) is 14.0. The molecule has 104 valence electrons. The summed E-state index contributed by atoms with van der Waals surface area (Å²) in [5, 5.41) is 0. The molecule has 0 aromatic heterocycles. The topological polar surface area (TPSA) is 35.5 Å². The summed E-state index contributed by atoms with van der Waals surface area (Å²) in [5.41, 5.74) is 0.542. The molecule has 2 rings (SSSR count). The van der Waals surface area contributed by atoms with Gasteiger partial charge in [-0.3, -0.25) is 4.79 Å². The molecule has 2 aliphatic rings. The van der Waals surface area contributed by atoms with Crippen molar-refractivity contribution in [2.24, 2.45) is 16.7 Å². The summed E-state index contributed by atoms with van der Waals surface area (Å²) in [6.45, 7) is 5.84. The molecule has 3 nitrogen and oxygen atoms in total. The summed E-state index contributed by atoms with van der Waals surface area (Å²) in [6.07, 6.45) is 6.22. The zero-order chi connectivity index (χ0) is 13.2. The molecule has 0 aliphatic heterocycles. The predicted molar refractivity (Wildman–Crippen MR) is 70.2 cm³/mol. The molecule has 0 spiro atoms. The molecular weight excluding hydrogens is 228 g/mol. The largest absolute Gasteiger partial charge is 0.359 e.